The van der Waals surface area contributed by atoms with E-state index in [0.29, 0.717) is 11.3 Å². The van der Waals surface area contributed by atoms with Gasteiger partial charge < -0.3 is 5.32 Å². The molecule has 6 nitrogen and oxygen atoms in total. The molecule has 0 unspecified atom stereocenters. The van der Waals surface area contributed by atoms with Crippen molar-refractivity contribution in [2.45, 2.75) is 49.7 Å². The summed E-state index contributed by atoms with van der Waals surface area (Å²) in [5, 5.41) is 2.87. The average Bonchev–Trinajstić information content (AvgIpc) is 2.83. The Bertz CT molecular complexity index is 1300. The molecule has 0 saturated heterocycles. The molecule has 5 rings (SSSR count). The molecule has 1 aliphatic carbocycles. The van der Waals surface area contributed by atoms with Crippen LogP contribution in [0.2, 0.25) is 0 Å². The van der Waals surface area contributed by atoms with E-state index in [2.05, 4.69) is 34.5 Å². The van der Waals surface area contributed by atoms with Crippen molar-refractivity contribution >= 4 is 21.6 Å². The summed E-state index contributed by atoms with van der Waals surface area (Å²) in [5.41, 5.74) is 5.14. The van der Waals surface area contributed by atoms with Gasteiger partial charge in [0.05, 0.1) is 4.90 Å². The molecule has 0 aromatic heterocycles. The molecule has 1 fully saturated rings. The first kappa shape index (κ1) is 23.7. The molecule has 182 valence electrons. The first-order chi connectivity index (χ1) is 16.9. The van der Waals surface area contributed by atoms with Gasteiger partial charge in [0.25, 0.3) is 5.91 Å². The van der Waals surface area contributed by atoms with Crippen LogP contribution in [0.5, 0.6) is 0 Å². The summed E-state index contributed by atoms with van der Waals surface area (Å²) in [4.78, 5) is 15.4. The van der Waals surface area contributed by atoms with E-state index in [1.807, 2.05) is 24.3 Å². The maximum atomic E-state index is 12.8. The lowest BCUT2D eigenvalue weighted by Gasteiger charge is -2.33. The number of nitrogens with zero attached hydrogens (tertiary/aromatic N) is 2. The zero-order chi connectivity index (χ0) is 24.4. The van der Waals surface area contributed by atoms with Crippen LogP contribution in [0.25, 0.3) is 0 Å². The summed E-state index contributed by atoms with van der Waals surface area (Å²) in [6, 6.07) is 22.8. The molecule has 0 bridgehead atoms. The number of sulfonamides is 1. The number of benzene rings is 3. The van der Waals surface area contributed by atoms with Crippen molar-refractivity contribution in [3.8, 4) is 0 Å². The third-order valence-electron chi connectivity index (χ3n) is 7.21. The van der Waals surface area contributed by atoms with E-state index in [0.717, 1.165) is 45.3 Å². The van der Waals surface area contributed by atoms with Gasteiger partial charge in [-0.05, 0) is 72.4 Å². The monoisotopic (exact) mass is 489 g/mol. The number of anilines is 1. The van der Waals surface area contributed by atoms with Crippen molar-refractivity contribution < 1.29 is 13.2 Å². The number of hydrogen-bond donors (Lipinski definition) is 1. The summed E-state index contributed by atoms with van der Waals surface area (Å²) in [6.07, 6.45) is 3.96. The largest absolute Gasteiger partial charge is 0.322 e. The second kappa shape index (κ2) is 9.93. The van der Waals surface area contributed by atoms with E-state index in [4.69, 9.17) is 0 Å². The van der Waals surface area contributed by atoms with E-state index in [1.54, 1.807) is 31.3 Å². The van der Waals surface area contributed by atoms with Crippen LogP contribution >= 0.6 is 0 Å². The minimum Gasteiger partial charge on any atom is -0.322 e. The topological polar surface area (TPSA) is 69.7 Å². The molecule has 7 heteroatoms. The second-order valence-corrected chi connectivity index (χ2v) is 11.5. The Balaban J connectivity index is 1.18. The van der Waals surface area contributed by atoms with Crippen molar-refractivity contribution in [2.75, 3.05) is 18.9 Å². The SMILES string of the molecule is CN(C1CCC1)S(=O)(=O)c1ccc(NC(=O)c2ccc(CN3CCc4ccccc4C3)cc2)cc1. The maximum Gasteiger partial charge on any atom is 0.255 e. The van der Waals surface area contributed by atoms with Crippen molar-refractivity contribution in [1.82, 2.24) is 9.21 Å². The minimum atomic E-state index is -3.51. The number of rotatable bonds is 7. The molecule has 3 aromatic rings. The number of carbonyl (C=O) groups excluding carboxylic acids is 1. The van der Waals surface area contributed by atoms with E-state index in [1.165, 1.54) is 21.0 Å². The van der Waals surface area contributed by atoms with Gasteiger partial charge in [-0.2, -0.15) is 4.31 Å². The average molecular weight is 490 g/mol. The summed E-state index contributed by atoms with van der Waals surface area (Å²) < 4.78 is 27.1. The Morgan fingerprint density at radius 1 is 0.971 bits per heavy atom. The lowest BCUT2D eigenvalue weighted by molar-refractivity contribution is 0.102. The zero-order valence-corrected chi connectivity index (χ0v) is 20.8. The van der Waals surface area contributed by atoms with Crippen LogP contribution in [0.3, 0.4) is 0 Å². The van der Waals surface area contributed by atoms with Crippen LogP contribution in [0.4, 0.5) is 5.69 Å². The standard InChI is InChI=1S/C28H31N3O3S/c1-30(26-7-4-8-26)35(33,34)27-15-13-25(14-16-27)29-28(32)23-11-9-21(10-12-23)19-31-18-17-22-5-2-3-6-24(22)20-31/h2-3,5-6,9-16,26H,4,7-8,17-20H2,1H3,(H,29,32). The predicted molar refractivity (Wildman–Crippen MR) is 138 cm³/mol. The van der Waals surface area contributed by atoms with Crippen LogP contribution in [0.1, 0.15) is 46.3 Å². The quantitative estimate of drug-likeness (QED) is 0.524. The maximum absolute atomic E-state index is 12.8. The highest BCUT2D eigenvalue weighted by molar-refractivity contribution is 7.89. The van der Waals surface area contributed by atoms with Crippen molar-refractivity contribution in [3.63, 3.8) is 0 Å². The second-order valence-electron chi connectivity index (χ2n) is 9.51. The van der Waals surface area contributed by atoms with Crippen LogP contribution in [0.15, 0.2) is 77.7 Å². The molecule has 0 radical (unpaired) electrons. The molecule has 0 atom stereocenters. The highest BCUT2D eigenvalue weighted by Crippen LogP contribution is 2.29. The highest BCUT2D eigenvalue weighted by Gasteiger charge is 2.31. The van der Waals surface area contributed by atoms with Crippen LogP contribution in [0, 0.1) is 0 Å². The van der Waals surface area contributed by atoms with E-state index in [9.17, 15) is 13.2 Å². The van der Waals surface area contributed by atoms with Gasteiger partial charge in [0.1, 0.15) is 0 Å². The fourth-order valence-electron chi connectivity index (χ4n) is 4.74. The van der Waals surface area contributed by atoms with Gasteiger partial charge in [0, 0.05) is 44.0 Å². The smallest absolute Gasteiger partial charge is 0.255 e. The lowest BCUT2D eigenvalue weighted by atomic mass is 9.94. The van der Waals surface area contributed by atoms with Gasteiger partial charge in [0.15, 0.2) is 0 Å². The minimum absolute atomic E-state index is 0.0908. The molecule has 35 heavy (non-hydrogen) atoms. The third kappa shape index (κ3) is 5.17. The number of carbonyl (C=O) groups is 1. The van der Waals surface area contributed by atoms with Crippen molar-refractivity contribution in [3.05, 3.63) is 95.1 Å². The van der Waals surface area contributed by atoms with E-state index < -0.39 is 10.0 Å². The van der Waals surface area contributed by atoms with Crippen LogP contribution in [-0.4, -0.2) is 43.2 Å². The number of hydrogen-bond acceptors (Lipinski definition) is 4. The van der Waals surface area contributed by atoms with Crippen LogP contribution in [-0.2, 0) is 29.5 Å². The van der Waals surface area contributed by atoms with Crippen molar-refractivity contribution in [2.24, 2.45) is 0 Å². The lowest BCUT2D eigenvalue weighted by Crippen LogP contribution is -2.41. The van der Waals surface area contributed by atoms with Crippen LogP contribution < -0.4 is 5.32 Å². The van der Waals surface area contributed by atoms with E-state index in [-0.39, 0.29) is 16.8 Å². The summed E-state index contributed by atoms with van der Waals surface area (Å²) in [6.45, 7) is 2.82. The summed E-state index contributed by atoms with van der Waals surface area (Å²) >= 11 is 0. The van der Waals surface area contributed by atoms with Gasteiger partial charge in [-0.15, -0.1) is 0 Å². The molecule has 3 aromatic carbocycles. The molecule has 1 saturated carbocycles. The Morgan fingerprint density at radius 2 is 1.66 bits per heavy atom. The molecule has 1 heterocycles. The molecule has 0 spiro atoms. The summed E-state index contributed by atoms with van der Waals surface area (Å²) in [5.74, 6) is -0.217. The fourth-order valence-corrected chi connectivity index (χ4v) is 6.15. The highest BCUT2D eigenvalue weighted by atomic mass is 32.2. The predicted octanol–water partition coefficient (Wildman–Crippen LogP) is 4.67. The van der Waals surface area contributed by atoms with Crippen molar-refractivity contribution in [1.29, 1.82) is 0 Å². The van der Waals surface area contributed by atoms with Gasteiger partial charge in [-0.25, -0.2) is 8.42 Å². The Hall–Kier alpha value is -3.00. The molecular weight excluding hydrogens is 458 g/mol. The van der Waals surface area contributed by atoms with Gasteiger partial charge in [-0.1, -0.05) is 42.8 Å². The molecule has 1 aliphatic heterocycles. The Kier molecular flexibility index (Phi) is 6.73. The number of amides is 1. The number of nitrogens with one attached hydrogen (secondary N) is 1. The van der Waals surface area contributed by atoms with Gasteiger partial charge >= 0.3 is 0 Å². The molecule has 1 amide bonds. The molecule has 2 aliphatic rings. The third-order valence-corrected chi connectivity index (χ3v) is 9.13. The normalized spacial score (nSPS) is 16.5. The van der Waals surface area contributed by atoms with Gasteiger partial charge in [0.2, 0.25) is 10.0 Å². The molecule has 1 N–H and O–H groups in total. The fraction of sp³-hybridized carbons (Fsp3) is 0.321. The molecular formula is C28H31N3O3S. The number of fused-ring (bicyclic) bond motifs is 1. The first-order valence-electron chi connectivity index (χ1n) is 12.2. The van der Waals surface area contributed by atoms with Gasteiger partial charge in [-0.3, -0.25) is 9.69 Å². The Morgan fingerprint density at radius 3 is 2.31 bits per heavy atom. The zero-order valence-electron chi connectivity index (χ0n) is 20.0. The van der Waals surface area contributed by atoms with E-state index >= 15 is 0 Å². The first-order valence-corrected chi connectivity index (χ1v) is 13.6. The Labute approximate surface area is 207 Å². The summed E-state index contributed by atoms with van der Waals surface area (Å²) in [7, 11) is -1.87.